The molecule has 0 amide bonds. The van der Waals surface area contributed by atoms with Gasteiger partial charge >= 0.3 is 0 Å². The molecule has 1 fully saturated rings. The average molecular weight is 263 g/mol. The Morgan fingerprint density at radius 2 is 2.16 bits per heavy atom. The largest absolute Gasteiger partial charge is 0.491 e. The van der Waals surface area contributed by atoms with E-state index in [0.717, 1.165) is 25.0 Å². The third-order valence-corrected chi connectivity index (χ3v) is 3.49. The van der Waals surface area contributed by atoms with Crippen molar-refractivity contribution in [3.05, 3.63) is 29.8 Å². The minimum absolute atomic E-state index is 0.000677. The summed E-state index contributed by atoms with van der Waals surface area (Å²) in [5, 5.41) is 0. The van der Waals surface area contributed by atoms with Crippen LogP contribution in [0.2, 0.25) is 0 Å². The Labute approximate surface area is 116 Å². The zero-order chi connectivity index (χ0) is 13.9. The van der Waals surface area contributed by atoms with E-state index in [1.807, 2.05) is 25.1 Å². The summed E-state index contributed by atoms with van der Waals surface area (Å²) in [4.78, 5) is 0. The van der Waals surface area contributed by atoms with Gasteiger partial charge in [-0.05, 0) is 51.7 Å². The lowest BCUT2D eigenvalue weighted by atomic mass is 10.1. The fourth-order valence-electron chi connectivity index (χ4n) is 2.54. The van der Waals surface area contributed by atoms with E-state index in [9.17, 15) is 0 Å². The summed E-state index contributed by atoms with van der Waals surface area (Å²) in [7, 11) is 0. The van der Waals surface area contributed by atoms with E-state index in [0.29, 0.717) is 6.61 Å². The van der Waals surface area contributed by atoms with Gasteiger partial charge in [0.15, 0.2) is 0 Å². The van der Waals surface area contributed by atoms with Crippen molar-refractivity contribution in [2.45, 2.75) is 57.8 Å². The second-order valence-corrected chi connectivity index (χ2v) is 6.14. The smallest absolute Gasteiger partial charge is 0.122 e. The Bertz CT molecular complexity index is 415. The number of nitrogens with two attached hydrogens (primary N) is 1. The van der Waals surface area contributed by atoms with E-state index in [-0.39, 0.29) is 17.7 Å². The molecule has 2 unspecified atom stereocenters. The molecule has 2 rings (SSSR count). The number of hydrogen-bond acceptors (Lipinski definition) is 3. The highest BCUT2D eigenvalue weighted by Crippen LogP contribution is 2.30. The Morgan fingerprint density at radius 3 is 2.79 bits per heavy atom. The Hall–Kier alpha value is -1.06. The van der Waals surface area contributed by atoms with Crippen molar-refractivity contribution >= 4 is 0 Å². The van der Waals surface area contributed by atoms with Gasteiger partial charge in [-0.25, -0.2) is 0 Å². The molecule has 0 bridgehead atoms. The van der Waals surface area contributed by atoms with E-state index in [1.54, 1.807) is 0 Å². The number of rotatable bonds is 5. The topological polar surface area (TPSA) is 44.5 Å². The molecule has 1 aromatic rings. The van der Waals surface area contributed by atoms with Crippen molar-refractivity contribution in [2.75, 3.05) is 6.61 Å². The van der Waals surface area contributed by atoms with Gasteiger partial charge in [-0.3, -0.25) is 0 Å². The maximum Gasteiger partial charge on any atom is 0.122 e. The third kappa shape index (κ3) is 4.22. The van der Waals surface area contributed by atoms with E-state index < -0.39 is 0 Å². The highest BCUT2D eigenvalue weighted by molar-refractivity contribution is 5.33. The summed E-state index contributed by atoms with van der Waals surface area (Å²) < 4.78 is 11.9. The minimum atomic E-state index is -0.000677. The minimum Gasteiger partial charge on any atom is -0.491 e. The average Bonchev–Trinajstić information content (AvgIpc) is 2.67. The van der Waals surface area contributed by atoms with Gasteiger partial charge in [-0.15, -0.1) is 0 Å². The Kier molecular flexibility index (Phi) is 4.48. The molecule has 0 spiro atoms. The molecule has 1 aliphatic heterocycles. The molecule has 2 N–H and O–H groups in total. The van der Waals surface area contributed by atoms with Gasteiger partial charge in [0, 0.05) is 6.04 Å². The number of para-hydroxylation sites is 1. The first-order valence-electron chi connectivity index (χ1n) is 7.10. The highest BCUT2D eigenvalue weighted by atomic mass is 16.6. The van der Waals surface area contributed by atoms with Crippen molar-refractivity contribution < 1.29 is 9.47 Å². The predicted molar refractivity (Wildman–Crippen MR) is 77.5 cm³/mol. The molecule has 106 valence electrons. The molecule has 0 radical (unpaired) electrons. The van der Waals surface area contributed by atoms with Crippen molar-refractivity contribution in [3.8, 4) is 5.75 Å². The molecule has 0 aromatic heterocycles. The number of ether oxygens (including phenoxy) is 2. The molecule has 19 heavy (non-hydrogen) atoms. The summed E-state index contributed by atoms with van der Waals surface area (Å²) in [5.74, 6) is 0.938. The molecule has 1 heterocycles. The van der Waals surface area contributed by atoms with Crippen LogP contribution in [0.1, 0.15) is 39.2 Å². The van der Waals surface area contributed by atoms with Gasteiger partial charge in [-0.2, -0.15) is 0 Å². The van der Waals surface area contributed by atoms with Gasteiger partial charge in [0.2, 0.25) is 0 Å². The molecule has 3 nitrogen and oxygen atoms in total. The van der Waals surface area contributed by atoms with Crippen molar-refractivity contribution in [2.24, 2.45) is 5.73 Å². The zero-order valence-electron chi connectivity index (χ0n) is 12.2. The fourth-order valence-corrected chi connectivity index (χ4v) is 2.54. The first-order valence-corrected chi connectivity index (χ1v) is 7.10. The maximum absolute atomic E-state index is 5.94. The first kappa shape index (κ1) is 14.4. The molecule has 0 aliphatic carbocycles. The highest BCUT2D eigenvalue weighted by Gasteiger charge is 2.31. The van der Waals surface area contributed by atoms with Crippen LogP contribution < -0.4 is 10.5 Å². The van der Waals surface area contributed by atoms with Gasteiger partial charge < -0.3 is 15.2 Å². The van der Waals surface area contributed by atoms with Crippen LogP contribution in [-0.2, 0) is 11.2 Å². The van der Waals surface area contributed by atoms with Crippen LogP contribution in [0.15, 0.2) is 24.3 Å². The molecule has 2 atom stereocenters. The lowest BCUT2D eigenvalue weighted by Crippen LogP contribution is -2.24. The first-order chi connectivity index (χ1) is 8.96. The molecule has 1 aromatic carbocycles. The summed E-state index contributed by atoms with van der Waals surface area (Å²) in [5.41, 5.74) is 7.04. The monoisotopic (exact) mass is 263 g/mol. The summed E-state index contributed by atoms with van der Waals surface area (Å²) in [6.45, 7) is 6.91. The summed E-state index contributed by atoms with van der Waals surface area (Å²) >= 11 is 0. The quantitative estimate of drug-likeness (QED) is 0.888. The van der Waals surface area contributed by atoms with Crippen molar-refractivity contribution in [1.29, 1.82) is 0 Å². The number of hydrogen-bond donors (Lipinski definition) is 1. The second kappa shape index (κ2) is 5.93. The summed E-state index contributed by atoms with van der Waals surface area (Å²) in [6.07, 6.45) is 3.22. The van der Waals surface area contributed by atoms with Crippen LogP contribution >= 0.6 is 0 Å². The fraction of sp³-hybridized carbons (Fsp3) is 0.625. The second-order valence-electron chi connectivity index (χ2n) is 6.14. The molecular weight excluding hydrogens is 238 g/mol. The van der Waals surface area contributed by atoms with Crippen molar-refractivity contribution in [1.82, 2.24) is 0 Å². The van der Waals surface area contributed by atoms with Crippen LogP contribution in [0.4, 0.5) is 0 Å². The Morgan fingerprint density at radius 1 is 1.42 bits per heavy atom. The third-order valence-electron chi connectivity index (χ3n) is 3.49. The van der Waals surface area contributed by atoms with E-state index in [2.05, 4.69) is 19.9 Å². The lowest BCUT2D eigenvalue weighted by Gasteiger charge is -2.20. The standard InChI is InChI=1S/C16H25NO2/c1-12(17)10-13-6-4-5-7-15(13)18-11-14-8-9-16(2,3)19-14/h4-7,12,14H,8-11,17H2,1-3H3. The SMILES string of the molecule is CC(N)Cc1ccccc1OCC1CCC(C)(C)O1. The summed E-state index contributed by atoms with van der Waals surface area (Å²) in [6, 6.07) is 8.27. The van der Waals surface area contributed by atoms with E-state index >= 15 is 0 Å². The molecule has 0 saturated carbocycles. The van der Waals surface area contributed by atoms with Crippen LogP contribution in [-0.4, -0.2) is 24.4 Å². The van der Waals surface area contributed by atoms with Gasteiger partial charge in [0.05, 0.1) is 11.7 Å². The van der Waals surface area contributed by atoms with Gasteiger partial charge in [0.1, 0.15) is 12.4 Å². The zero-order valence-corrected chi connectivity index (χ0v) is 12.2. The van der Waals surface area contributed by atoms with Gasteiger partial charge in [0.25, 0.3) is 0 Å². The molecule has 1 saturated heterocycles. The van der Waals surface area contributed by atoms with Crippen LogP contribution in [0.5, 0.6) is 5.75 Å². The van der Waals surface area contributed by atoms with Crippen LogP contribution in [0.3, 0.4) is 0 Å². The van der Waals surface area contributed by atoms with Crippen LogP contribution in [0.25, 0.3) is 0 Å². The lowest BCUT2D eigenvalue weighted by molar-refractivity contribution is -0.0327. The number of benzene rings is 1. The maximum atomic E-state index is 5.94. The molecule has 1 aliphatic rings. The molecule has 3 heteroatoms. The normalized spacial score (nSPS) is 23.3. The van der Waals surface area contributed by atoms with E-state index in [1.165, 1.54) is 5.56 Å². The predicted octanol–water partition coefficient (Wildman–Crippen LogP) is 2.91. The molecular formula is C16H25NO2. The van der Waals surface area contributed by atoms with E-state index in [4.69, 9.17) is 15.2 Å². The van der Waals surface area contributed by atoms with Gasteiger partial charge in [-0.1, -0.05) is 18.2 Å². The Balaban J connectivity index is 1.92. The van der Waals surface area contributed by atoms with Crippen LogP contribution in [0, 0.1) is 0 Å². The van der Waals surface area contributed by atoms with Crippen molar-refractivity contribution in [3.63, 3.8) is 0 Å².